The Morgan fingerprint density at radius 2 is 2.13 bits per heavy atom. The molecular formula is C22H24N6O2. The predicted octanol–water partition coefficient (Wildman–Crippen LogP) is 2.47. The van der Waals surface area contributed by atoms with E-state index in [1.54, 1.807) is 10.9 Å². The van der Waals surface area contributed by atoms with Crippen LogP contribution in [0, 0.1) is 16.5 Å². The molecule has 1 N–H and O–H groups in total. The highest BCUT2D eigenvalue weighted by atomic mass is 16.5. The lowest BCUT2D eigenvalue weighted by atomic mass is 9.84. The van der Waals surface area contributed by atoms with Gasteiger partial charge in [-0.1, -0.05) is 26.8 Å². The number of carbonyl (C=O) groups is 1. The lowest BCUT2D eigenvalue weighted by Crippen LogP contribution is -2.37. The quantitative estimate of drug-likeness (QED) is 0.532. The fourth-order valence-corrected chi connectivity index (χ4v) is 4.43. The van der Waals surface area contributed by atoms with Crippen molar-refractivity contribution >= 4 is 5.91 Å². The zero-order valence-electron chi connectivity index (χ0n) is 17.2. The maximum Gasteiger partial charge on any atom is 0.272 e. The minimum Gasteiger partial charge on any atom is -0.619 e. The van der Waals surface area contributed by atoms with Gasteiger partial charge >= 0.3 is 0 Å². The molecule has 2 aliphatic carbocycles. The summed E-state index contributed by atoms with van der Waals surface area (Å²) in [7, 11) is 0. The Labute approximate surface area is 174 Å². The summed E-state index contributed by atoms with van der Waals surface area (Å²) in [5.74, 6) is 1.17. The first-order valence-corrected chi connectivity index (χ1v) is 10.2. The molecule has 0 unspecified atom stereocenters. The standard InChI is InChI=1S/C22H24N6O2/c1-22(2,3)20(16-6-4-5-7-23-16)25-21(29)18-15-11-13-10-14(13)19(15)28(26-18)17-12-27(30)9-8-24-17/h4-9,12-14,20H,10-11H2,1-3H3,(H,25,29)/t13-,14-,20-/m0/s1. The molecule has 30 heavy (non-hydrogen) atoms. The van der Waals surface area contributed by atoms with Crippen LogP contribution in [0.15, 0.2) is 43.0 Å². The average molecular weight is 404 g/mol. The number of nitrogens with zero attached hydrogens (tertiary/aromatic N) is 5. The molecule has 0 aromatic carbocycles. The van der Waals surface area contributed by atoms with E-state index in [2.05, 4.69) is 41.2 Å². The van der Waals surface area contributed by atoms with Gasteiger partial charge in [-0.3, -0.25) is 9.78 Å². The topological polar surface area (TPSA) is 99.6 Å². The van der Waals surface area contributed by atoms with Crippen LogP contribution in [0.4, 0.5) is 0 Å². The fraction of sp³-hybridized carbons (Fsp3) is 0.409. The second-order valence-corrected chi connectivity index (χ2v) is 9.23. The van der Waals surface area contributed by atoms with E-state index in [4.69, 9.17) is 0 Å². The van der Waals surface area contributed by atoms with Crippen molar-refractivity contribution in [2.45, 2.75) is 45.6 Å². The summed E-state index contributed by atoms with van der Waals surface area (Å²) < 4.78 is 2.38. The van der Waals surface area contributed by atoms with Gasteiger partial charge in [0.25, 0.3) is 5.91 Å². The summed E-state index contributed by atoms with van der Waals surface area (Å²) in [6, 6.07) is 5.45. The van der Waals surface area contributed by atoms with E-state index in [0.29, 0.717) is 28.1 Å². The summed E-state index contributed by atoms with van der Waals surface area (Å²) in [6.07, 6.45) is 7.85. The first-order valence-electron chi connectivity index (χ1n) is 10.2. The third-order valence-electron chi connectivity index (χ3n) is 5.98. The van der Waals surface area contributed by atoms with Crippen LogP contribution in [-0.4, -0.2) is 25.7 Å². The molecule has 154 valence electrons. The van der Waals surface area contributed by atoms with Crippen LogP contribution in [0.5, 0.6) is 0 Å². The highest BCUT2D eigenvalue weighted by Gasteiger charge is 2.50. The number of hydrogen-bond donors (Lipinski definition) is 1. The molecule has 1 saturated carbocycles. The van der Waals surface area contributed by atoms with Gasteiger partial charge in [-0.25, -0.2) is 9.67 Å². The highest BCUT2D eigenvalue weighted by Crippen LogP contribution is 2.57. The van der Waals surface area contributed by atoms with Crippen molar-refractivity contribution in [2.75, 3.05) is 0 Å². The van der Waals surface area contributed by atoms with E-state index >= 15 is 0 Å². The smallest absolute Gasteiger partial charge is 0.272 e. The molecule has 0 spiro atoms. The summed E-state index contributed by atoms with van der Waals surface area (Å²) in [5, 5.41) is 19.5. The van der Waals surface area contributed by atoms with Gasteiger partial charge in [0, 0.05) is 17.7 Å². The third-order valence-corrected chi connectivity index (χ3v) is 5.98. The van der Waals surface area contributed by atoms with Gasteiger partial charge in [0.2, 0.25) is 12.0 Å². The number of amides is 1. The average Bonchev–Trinajstić information content (AvgIpc) is 3.21. The molecule has 3 aromatic heterocycles. The molecule has 3 atom stereocenters. The van der Waals surface area contributed by atoms with Gasteiger partial charge in [-0.05, 0) is 36.3 Å². The minimum absolute atomic E-state index is 0.220. The van der Waals surface area contributed by atoms with Gasteiger partial charge in [0.1, 0.15) is 0 Å². The minimum atomic E-state index is -0.262. The molecule has 0 bridgehead atoms. The van der Waals surface area contributed by atoms with E-state index in [1.165, 1.54) is 18.6 Å². The fourth-order valence-electron chi connectivity index (χ4n) is 4.43. The first-order chi connectivity index (χ1) is 14.3. The van der Waals surface area contributed by atoms with Crippen molar-refractivity contribution < 1.29 is 9.52 Å². The Kier molecular flexibility index (Phi) is 4.13. The number of hydrogen-bond acceptors (Lipinski definition) is 5. The van der Waals surface area contributed by atoms with Crippen molar-refractivity contribution in [3.05, 3.63) is 70.8 Å². The van der Waals surface area contributed by atoms with Gasteiger partial charge in [0.15, 0.2) is 11.9 Å². The van der Waals surface area contributed by atoms with Crippen molar-refractivity contribution in [1.29, 1.82) is 0 Å². The monoisotopic (exact) mass is 404 g/mol. The largest absolute Gasteiger partial charge is 0.619 e. The highest BCUT2D eigenvalue weighted by molar-refractivity contribution is 5.94. The third kappa shape index (κ3) is 3.12. The van der Waals surface area contributed by atoms with Crippen molar-refractivity contribution in [1.82, 2.24) is 25.1 Å². The lowest BCUT2D eigenvalue weighted by Gasteiger charge is -2.30. The summed E-state index contributed by atoms with van der Waals surface area (Å²) in [6.45, 7) is 6.23. The number of rotatable bonds is 4. The van der Waals surface area contributed by atoms with Gasteiger partial charge in [-0.2, -0.15) is 9.83 Å². The molecule has 1 amide bonds. The summed E-state index contributed by atoms with van der Waals surface area (Å²) in [4.78, 5) is 22.1. The molecule has 8 nitrogen and oxygen atoms in total. The Morgan fingerprint density at radius 1 is 1.30 bits per heavy atom. The number of carbonyl (C=O) groups excluding carboxylic acids is 1. The molecule has 8 heteroatoms. The zero-order chi connectivity index (χ0) is 21.0. The van der Waals surface area contributed by atoms with Crippen LogP contribution in [0.25, 0.3) is 5.82 Å². The van der Waals surface area contributed by atoms with E-state index in [1.807, 2.05) is 18.2 Å². The SMILES string of the molecule is CC(C)(C)[C@@H](NC(=O)c1nn(-c2c[n+]([O-])ccn2)c2c1C[C@@H]1C[C@H]21)c1ccccn1. The first kappa shape index (κ1) is 18.7. The van der Waals surface area contributed by atoms with Gasteiger partial charge < -0.3 is 10.5 Å². The maximum absolute atomic E-state index is 13.4. The second kappa shape index (κ2) is 6.62. The predicted molar refractivity (Wildman–Crippen MR) is 109 cm³/mol. The van der Waals surface area contributed by atoms with E-state index in [9.17, 15) is 10.0 Å². The molecule has 5 rings (SSSR count). The molecule has 0 radical (unpaired) electrons. The van der Waals surface area contributed by atoms with Crippen LogP contribution in [0.3, 0.4) is 0 Å². The Hall–Kier alpha value is -3.29. The molecule has 0 saturated heterocycles. The molecule has 3 aromatic rings. The Bertz CT molecular complexity index is 1120. The molecule has 0 aliphatic heterocycles. The Balaban J connectivity index is 1.52. The lowest BCUT2D eigenvalue weighted by molar-refractivity contribution is -0.605. The second-order valence-electron chi connectivity index (χ2n) is 9.23. The van der Waals surface area contributed by atoms with E-state index in [-0.39, 0.29) is 17.4 Å². The van der Waals surface area contributed by atoms with Crippen LogP contribution >= 0.6 is 0 Å². The van der Waals surface area contributed by atoms with Crippen molar-refractivity contribution in [3.8, 4) is 5.82 Å². The Morgan fingerprint density at radius 3 is 2.83 bits per heavy atom. The van der Waals surface area contributed by atoms with Crippen LogP contribution in [0.1, 0.15) is 66.6 Å². The van der Waals surface area contributed by atoms with Crippen LogP contribution < -0.4 is 10.0 Å². The molecule has 3 heterocycles. The molecule has 1 fully saturated rings. The van der Waals surface area contributed by atoms with Gasteiger partial charge in [-0.15, -0.1) is 0 Å². The van der Waals surface area contributed by atoms with Crippen molar-refractivity contribution in [2.24, 2.45) is 11.3 Å². The normalized spacial score (nSPS) is 20.4. The zero-order valence-corrected chi connectivity index (χ0v) is 17.2. The maximum atomic E-state index is 13.4. The van der Waals surface area contributed by atoms with Gasteiger partial charge in [0.05, 0.1) is 23.6 Å². The number of aromatic nitrogens is 5. The summed E-state index contributed by atoms with van der Waals surface area (Å²) >= 11 is 0. The number of nitrogens with one attached hydrogen (secondary N) is 1. The van der Waals surface area contributed by atoms with Crippen LogP contribution in [-0.2, 0) is 6.42 Å². The number of pyridine rings is 1. The molecular weight excluding hydrogens is 380 g/mol. The number of fused-ring (bicyclic) bond motifs is 3. The van der Waals surface area contributed by atoms with Crippen molar-refractivity contribution in [3.63, 3.8) is 0 Å². The molecule has 2 aliphatic rings. The summed E-state index contributed by atoms with van der Waals surface area (Å²) in [5.41, 5.74) is 3.01. The van der Waals surface area contributed by atoms with Crippen LogP contribution in [0.2, 0.25) is 0 Å². The van der Waals surface area contributed by atoms with E-state index in [0.717, 1.165) is 29.8 Å². The van der Waals surface area contributed by atoms with E-state index < -0.39 is 0 Å².